The third-order valence-corrected chi connectivity index (χ3v) is 4.42. The van der Waals surface area contributed by atoms with Gasteiger partial charge in [-0.3, -0.25) is 19.8 Å². The number of para-hydroxylation sites is 1. The van der Waals surface area contributed by atoms with Crippen LogP contribution in [-0.2, 0) is 11.3 Å². The molecule has 8 nitrogen and oxygen atoms in total. The number of hydrogen-bond acceptors (Lipinski definition) is 4. The highest BCUT2D eigenvalue weighted by molar-refractivity contribution is 6.12. The van der Waals surface area contributed by atoms with E-state index >= 15 is 0 Å². The Bertz CT molecular complexity index is 1030. The van der Waals surface area contributed by atoms with Crippen LogP contribution in [0.25, 0.3) is 5.69 Å². The summed E-state index contributed by atoms with van der Waals surface area (Å²) in [5.41, 5.74) is 2.85. The lowest BCUT2D eigenvalue weighted by Crippen LogP contribution is -2.28. The van der Waals surface area contributed by atoms with E-state index in [1.165, 1.54) is 4.90 Å². The highest BCUT2D eigenvalue weighted by Gasteiger charge is 2.27. The van der Waals surface area contributed by atoms with Crippen LogP contribution in [0, 0.1) is 0 Å². The SMILES string of the molecule is O=C1CN(c2ccc(C(=O)NCc3ccccc3-n3cccn3)cc2)C(=O)N1. The summed E-state index contributed by atoms with van der Waals surface area (Å²) in [4.78, 5) is 36.8. The number of carbonyl (C=O) groups is 3. The summed E-state index contributed by atoms with van der Waals surface area (Å²) in [6.45, 7) is 0.328. The molecule has 0 spiro atoms. The zero-order valence-corrected chi connectivity index (χ0v) is 14.8. The van der Waals surface area contributed by atoms with Crippen LogP contribution in [0.2, 0.25) is 0 Å². The number of aromatic nitrogens is 2. The Balaban J connectivity index is 1.44. The molecule has 2 heterocycles. The van der Waals surface area contributed by atoms with E-state index in [9.17, 15) is 14.4 Å². The Labute approximate surface area is 160 Å². The highest BCUT2D eigenvalue weighted by Crippen LogP contribution is 2.18. The van der Waals surface area contributed by atoms with Crippen molar-refractivity contribution in [2.75, 3.05) is 11.4 Å². The molecule has 1 saturated heterocycles. The maximum atomic E-state index is 12.5. The second-order valence-corrected chi connectivity index (χ2v) is 6.25. The van der Waals surface area contributed by atoms with Crippen molar-refractivity contribution in [1.29, 1.82) is 0 Å². The van der Waals surface area contributed by atoms with Gasteiger partial charge in [0.05, 0.1) is 5.69 Å². The van der Waals surface area contributed by atoms with E-state index < -0.39 is 6.03 Å². The minimum Gasteiger partial charge on any atom is -0.348 e. The number of anilines is 1. The summed E-state index contributed by atoms with van der Waals surface area (Å²) in [7, 11) is 0. The molecule has 1 aromatic heterocycles. The maximum absolute atomic E-state index is 12.5. The first-order valence-corrected chi connectivity index (χ1v) is 8.69. The second kappa shape index (κ2) is 7.36. The molecule has 4 amide bonds. The summed E-state index contributed by atoms with van der Waals surface area (Å²) in [5.74, 6) is -0.577. The molecule has 1 aliphatic rings. The van der Waals surface area contributed by atoms with Gasteiger partial charge in [-0.1, -0.05) is 18.2 Å². The molecule has 1 aliphatic heterocycles. The molecule has 0 aliphatic carbocycles. The van der Waals surface area contributed by atoms with E-state index in [4.69, 9.17) is 0 Å². The van der Waals surface area contributed by atoms with Crippen LogP contribution >= 0.6 is 0 Å². The summed E-state index contributed by atoms with van der Waals surface area (Å²) in [5, 5.41) is 9.35. The zero-order valence-electron chi connectivity index (χ0n) is 14.8. The maximum Gasteiger partial charge on any atom is 0.329 e. The smallest absolute Gasteiger partial charge is 0.329 e. The van der Waals surface area contributed by atoms with Gasteiger partial charge in [0.2, 0.25) is 5.91 Å². The molecule has 3 aromatic rings. The fraction of sp³-hybridized carbons (Fsp3) is 0.100. The van der Waals surface area contributed by atoms with Crippen LogP contribution in [0.4, 0.5) is 10.5 Å². The predicted molar refractivity (Wildman–Crippen MR) is 102 cm³/mol. The van der Waals surface area contributed by atoms with Crippen molar-refractivity contribution >= 4 is 23.5 Å². The van der Waals surface area contributed by atoms with Crippen LogP contribution in [0.1, 0.15) is 15.9 Å². The Morgan fingerprint density at radius 3 is 2.54 bits per heavy atom. The standard InChI is InChI=1S/C20H17N5O3/c26-18-13-24(20(28)23-18)16-8-6-14(7-9-16)19(27)21-12-15-4-1-2-5-17(15)25-11-3-10-22-25/h1-11H,12-13H2,(H,21,27)(H,23,26,28). The van der Waals surface area contributed by atoms with Crippen molar-refractivity contribution in [2.45, 2.75) is 6.54 Å². The number of imide groups is 1. The summed E-state index contributed by atoms with van der Waals surface area (Å²) >= 11 is 0. The van der Waals surface area contributed by atoms with E-state index in [1.807, 2.05) is 36.5 Å². The zero-order chi connectivity index (χ0) is 19.5. The van der Waals surface area contributed by atoms with Crippen molar-refractivity contribution in [3.8, 4) is 5.69 Å². The van der Waals surface area contributed by atoms with Crippen molar-refractivity contribution in [1.82, 2.24) is 20.4 Å². The van der Waals surface area contributed by atoms with Gasteiger partial charge in [0, 0.05) is 30.2 Å². The topological polar surface area (TPSA) is 96.3 Å². The summed E-state index contributed by atoms with van der Waals surface area (Å²) in [6, 6.07) is 15.6. The van der Waals surface area contributed by atoms with Gasteiger partial charge in [0.25, 0.3) is 5.91 Å². The molecule has 0 unspecified atom stereocenters. The lowest BCUT2D eigenvalue weighted by atomic mass is 10.1. The van der Waals surface area contributed by atoms with E-state index in [1.54, 1.807) is 35.1 Å². The fourth-order valence-electron chi connectivity index (χ4n) is 3.02. The number of rotatable bonds is 5. The second-order valence-electron chi connectivity index (χ2n) is 6.25. The highest BCUT2D eigenvalue weighted by atomic mass is 16.2. The van der Waals surface area contributed by atoms with Gasteiger partial charge >= 0.3 is 6.03 Å². The van der Waals surface area contributed by atoms with Gasteiger partial charge in [-0.25, -0.2) is 9.48 Å². The third-order valence-electron chi connectivity index (χ3n) is 4.42. The Kier molecular flexibility index (Phi) is 4.59. The van der Waals surface area contributed by atoms with Crippen LogP contribution in [0.15, 0.2) is 67.0 Å². The quantitative estimate of drug-likeness (QED) is 0.665. The molecule has 2 aromatic carbocycles. The Hall–Kier alpha value is -3.94. The molecule has 0 atom stereocenters. The monoisotopic (exact) mass is 375 g/mol. The van der Waals surface area contributed by atoms with E-state index in [-0.39, 0.29) is 18.4 Å². The number of hydrogen-bond donors (Lipinski definition) is 2. The van der Waals surface area contributed by atoms with Crippen LogP contribution in [-0.4, -0.2) is 34.2 Å². The lowest BCUT2D eigenvalue weighted by Gasteiger charge is -2.14. The van der Waals surface area contributed by atoms with E-state index in [0.717, 1.165) is 11.3 Å². The normalized spacial score (nSPS) is 13.5. The Morgan fingerprint density at radius 1 is 1.07 bits per heavy atom. The van der Waals surface area contributed by atoms with Crippen molar-refractivity contribution in [3.63, 3.8) is 0 Å². The van der Waals surface area contributed by atoms with E-state index in [2.05, 4.69) is 15.7 Å². The fourth-order valence-corrected chi connectivity index (χ4v) is 3.02. The first-order valence-electron chi connectivity index (χ1n) is 8.69. The van der Waals surface area contributed by atoms with Crippen LogP contribution in [0.3, 0.4) is 0 Å². The van der Waals surface area contributed by atoms with Crippen molar-refractivity contribution in [2.24, 2.45) is 0 Å². The molecular formula is C20H17N5O3. The average Bonchev–Trinajstić information content (AvgIpc) is 3.36. The first kappa shape index (κ1) is 17.5. The van der Waals surface area contributed by atoms with Gasteiger partial charge in [-0.2, -0.15) is 5.10 Å². The van der Waals surface area contributed by atoms with Crippen molar-refractivity contribution < 1.29 is 14.4 Å². The van der Waals surface area contributed by atoms with Gasteiger partial charge < -0.3 is 5.32 Å². The largest absolute Gasteiger partial charge is 0.348 e. The minimum absolute atomic E-state index is 0.0193. The number of nitrogens with one attached hydrogen (secondary N) is 2. The van der Waals surface area contributed by atoms with Crippen LogP contribution < -0.4 is 15.5 Å². The molecule has 2 N–H and O–H groups in total. The van der Waals surface area contributed by atoms with Gasteiger partial charge in [0.15, 0.2) is 0 Å². The molecule has 1 fully saturated rings. The molecule has 8 heteroatoms. The van der Waals surface area contributed by atoms with Crippen LogP contribution in [0.5, 0.6) is 0 Å². The molecule has 28 heavy (non-hydrogen) atoms. The predicted octanol–water partition coefficient (Wildman–Crippen LogP) is 1.86. The average molecular weight is 375 g/mol. The molecule has 140 valence electrons. The van der Waals surface area contributed by atoms with Gasteiger partial charge in [0.1, 0.15) is 6.54 Å². The molecule has 0 radical (unpaired) electrons. The molecule has 4 rings (SSSR count). The van der Waals surface area contributed by atoms with Gasteiger partial charge in [-0.05, 0) is 42.0 Å². The number of carbonyl (C=O) groups excluding carboxylic acids is 3. The first-order chi connectivity index (χ1) is 13.6. The van der Waals surface area contributed by atoms with E-state index in [0.29, 0.717) is 17.8 Å². The Morgan fingerprint density at radius 2 is 1.86 bits per heavy atom. The van der Waals surface area contributed by atoms with Crippen molar-refractivity contribution in [3.05, 3.63) is 78.1 Å². The molecular weight excluding hydrogens is 358 g/mol. The molecule has 0 bridgehead atoms. The number of benzene rings is 2. The third kappa shape index (κ3) is 3.48. The lowest BCUT2D eigenvalue weighted by molar-refractivity contribution is -0.117. The number of nitrogens with zero attached hydrogens (tertiary/aromatic N) is 3. The number of urea groups is 1. The minimum atomic E-state index is -0.461. The summed E-state index contributed by atoms with van der Waals surface area (Å²) < 4.78 is 1.75. The van der Waals surface area contributed by atoms with Gasteiger partial charge in [-0.15, -0.1) is 0 Å². The number of amides is 4. The summed E-state index contributed by atoms with van der Waals surface area (Å²) in [6.07, 6.45) is 3.55. The molecule has 0 saturated carbocycles.